The van der Waals surface area contributed by atoms with Gasteiger partial charge in [0.1, 0.15) is 24.2 Å². The van der Waals surface area contributed by atoms with E-state index in [-0.39, 0.29) is 40.5 Å². The van der Waals surface area contributed by atoms with Crippen molar-refractivity contribution in [1.82, 2.24) is 10.2 Å². The zero-order valence-electron chi connectivity index (χ0n) is 27.7. The van der Waals surface area contributed by atoms with Crippen LogP contribution in [-0.4, -0.2) is 50.4 Å². The van der Waals surface area contributed by atoms with Gasteiger partial charge in [-0.25, -0.2) is 12.8 Å². The van der Waals surface area contributed by atoms with Crippen LogP contribution in [0.3, 0.4) is 0 Å². The number of sulfonamides is 1. The second-order valence-electron chi connectivity index (χ2n) is 12.2. The largest absolute Gasteiger partial charge is 0.494 e. The molecule has 4 aromatic rings. The van der Waals surface area contributed by atoms with Gasteiger partial charge in [-0.2, -0.15) is 0 Å². The van der Waals surface area contributed by atoms with Crippen LogP contribution < -0.4 is 14.4 Å². The molecule has 1 fully saturated rings. The number of hydrogen-bond acceptors (Lipinski definition) is 5. The van der Waals surface area contributed by atoms with Crippen LogP contribution in [-0.2, 0) is 32.6 Å². The van der Waals surface area contributed by atoms with Crippen LogP contribution in [0.25, 0.3) is 0 Å². The quantitative estimate of drug-likeness (QED) is 0.142. The van der Waals surface area contributed by atoms with Gasteiger partial charge in [0.25, 0.3) is 10.0 Å². The van der Waals surface area contributed by atoms with E-state index in [1.54, 1.807) is 18.2 Å². The van der Waals surface area contributed by atoms with Gasteiger partial charge in [0.2, 0.25) is 11.8 Å². The fraction of sp³-hybridized carbons (Fsp3) is 0.316. The molecule has 12 heteroatoms. The van der Waals surface area contributed by atoms with E-state index in [2.05, 4.69) is 5.32 Å². The van der Waals surface area contributed by atoms with E-state index in [1.165, 1.54) is 41.3 Å². The maximum atomic E-state index is 14.7. The first kappa shape index (κ1) is 37.1. The average Bonchev–Trinajstić information content (AvgIpc) is 3.12. The van der Waals surface area contributed by atoms with Crippen molar-refractivity contribution in [2.24, 2.45) is 0 Å². The highest BCUT2D eigenvalue weighted by molar-refractivity contribution is 7.92. The zero-order chi connectivity index (χ0) is 35.7. The molecule has 1 atom stereocenters. The third-order valence-electron chi connectivity index (χ3n) is 8.68. The summed E-state index contributed by atoms with van der Waals surface area (Å²) < 4.78 is 49.0. The molecule has 1 N–H and O–H groups in total. The van der Waals surface area contributed by atoms with Crippen molar-refractivity contribution in [2.45, 2.75) is 69.0 Å². The molecule has 0 aromatic heterocycles. The van der Waals surface area contributed by atoms with E-state index in [1.807, 2.05) is 37.3 Å². The molecule has 50 heavy (non-hydrogen) atoms. The number of carbonyl (C=O) groups is 2. The monoisotopic (exact) mass is 739 g/mol. The average molecular weight is 741 g/mol. The van der Waals surface area contributed by atoms with Crippen molar-refractivity contribution >= 4 is 50.7 Å². The molecule has 0 saturated heterocycles. The Kier molecular flexibility index (Phi) is 12.8. The summed E-state index contributed by atoms with van der Waals surface area (Å²) in [6, 6.07) is 23.9. The summed E-state index contributed by atoms with van der Waals surface area (Å²) in [4.78, 5) is 30.2. The Morgan fingerprint density at radius 3 is 2.20 bits per heavy atom. The minimum absolute atomic E-state index is 0.0350. The predicted molar refractivity (Wildman–Crippen MR) is 195 cm³/mol. The van der Waals surface area contributed by atoms with Gasteiger partial charge in [0, 0.05) is 19.0 Å². The number of nitrogens with zero attached hydrogens (tertiary/aromatic N) is 2. The highest BCUT2D eigenvalue weighted by atomic mass is 35.5. The maximum Gasteiger partial charge on any atom is 0.264 e. The number of halogens is 3. The summed E-state index contributed by atoms with van der Waals surface area (Å²) in [6.07, 6.45) is 4.94. The number of benzene rings is 4. The molecule has 1 saturated carbocycles. The first-order valence-corrected chi connectivity index (χ1v) is 18.8. The molecular formula is C38H40Cl2FN3O5S. The van der Waals surface area contributed by atoms with E-state index in [9.17, 15) is 22.4 Å². The highest BCUT2D eigenvalue weighted by Crippen LogP contribution is 2.28. The Morgan fingerprint density at radius 2 is 1.56 bits per heavy atom. The Labute approximate surface area is 303 Å². The molecule has 8 nitrogen and oxygen atoms in total. The molecule has 1 aliphatic carbocycles. The van der Waals surface area contributed by atoms with E-state index in [4.69, 9.17) is 27.9 Å². The lowest BCUT2D eigenvalue weighted by atomic mass is 9.94. The molecular weight excluding hydrogens is 700 g/mol. The first-order chi connectivity index (χ1) is 24.0. The summed E-state index contributed by atoms with van der Waals surface area (Å²) in [6.45, 7) is 1.47. The third kappa shape index (κ3) is 9.56. The Morgan fingerprint density at radius 1 is 0.880 bits per heavy atom. The normalized spacial score (nSPS) is 14.1. The Balaban J connectivity index is 1.56. The fourth-order valence-corrected chi connectivity index (χ4v) is 7.81. The van der Waals surface area contributed by atoms with Gasteiger partial charge in [0.05, 0.1) is 27.2 Å². The maximum absolute atomic E-state index is 14.7. The number of anilines is 1. The second-order valence-corrected chi connectivity index (χ2v) is 14.9. The topological polar surface area (TPSA) is 96.0 Å². The second kappa shape index (κ2) is 17.2. The minimum atomic E-state index is -4.37. The molecule has 2 amide bonds. The van der Waals surface area contributed by atoms with Crippen molar-refractivity contribution in [3.05, 3.63) is 124 Å². The van der Waals surface area contributed by atoms with Gasteiger partial charge < -0.3 is 15.0 Å². The molecule has 0 aliphatic heterocycles. The summed E-state index contributed by atoms with van der Waals surface area (Å²) >= 11 is 12.6. The van der Waals surface area contributed by atoms with Crippen LogP contribution in [0.1, 0.15) is 50.2 Å². The lowest BCUT2D eigenvalue weighted by Gasteiger charge is -2.35. The molecule has 0 spiro atoms. The molecule has 0 radical (unpaired) electrons. The van der Waals surface area contributed by atoms with E-state index >= 15 is 0 Å². The third-order valence-corrected chi connectivity index (χ3v) is 11.2. The van der Waals surface area contributed by atoms with Crippen molar-refractivity contribution in [2.75, 3.05) is 17.5 Å². The van der Waals surface area contributed by atoms with Crippen LogP contribution in [0.4, 0.5) is 10.1 Å². The van der Waals surface area contributed by atoms with Crippen molar-refractivity contribution < 1.29 is 27.1 Å². The number of ether oxygens (including phenoxy) is 1. The summed E-state index contributed by atoms with van der Waals surface area (Å²) in [7, 11) is -4.37. The van der Waals surface area contributed by atoms with Crippen molar-refractivity contribution in [3.8, 4) is 5.75 Å². The minimum Gasteiger partial charge on any atom is -0.494 e. The van der Waals surface area contributed by atoms with E-state index < -0.39 is 34.3 Å². The summed E-state index contributed by atoms with van der Waals surface area (Å²) in [5, 5.41) is 3.78. The van der Waals surface area contributed by atoms with Crippen LogP contribution in [0.2, 0.25) is 10.0 Å². The standard InChI is InChI=1S/C38H40Cl2FN3O5S/c1-2-49-32-18-20-33(21-19-32)50(47,48)44(31-16-14-29(41)15-17-31)26-37(45)43(25-28-13-22-34(39)35(40)23-28)36(24-27-9-5-3-6-10-27)38(46)42-30-11-7-4-8-12-30/h3,5-6,9-10,13-23,30,36H,2,4,7-8,11-12,24-26H2,1H3,(H,42,46)/t36-/m1/s1. The van der Waals surface area contributed by atoms with Crippen LogP contribution in [0.15, 0.2) is 102 Å². The number of nitrogens with one attached hydrogen (secondary N) is 1. The van der Waals surface area contributed by atoms with Gasteiger partial charge in [0.15, 0.2) is 0 Å². The molecule has 1 aliphatic rings. The number of carbonyl (C=O) groups excluding carboxylic acids is 2. The van der Waals surface area contributed by atoms with Gasteiger partial charge >= 0.3 is 0 Å². The van der Waals surface area contributed by atoms with Gasteiger partial charge in [-0.1, -0.05) is 78.9 Å². The molecule has 0 heterocycles. The zero-order valence-corrected chi connectivity index (χ0v) is 30.1. The van der Waals surface area contributed by atoms with Gasteiger partial charge in [-0.3, -0.25) is 13.9 Å². The Bertz CT molecular complexity index is 1860. The van der Waals surface area contributed by atoms with Crippen molar-refractivity contribution in [1.29, 1.82) is 0 Å². The molecule has 4 aromatic carbocycles. The number of amides is 2. The number of hydrogen-bond donors (Lipinski definition) is 1. The van der Waals surface area contributed by atoms with Crippen LogP contribution >= 0.6 is 23.2 Å². The lowest BCUT2D eigenvalue weighted by molar-refractivity contribution is -0.140. The van der Waals surface area contributed by atoms with E-state index in [0.717, 1.165) is 54.1 Å². The molecule has 0 bridgehead atoms. The van der Waals surface area contributed by atoms with E-state index in [0.29, 0.717) is 22.9 Å². The SMILES string of the molecule is CCOc1ccc(S(=O)(=O)N(CC(=O)N(Cc2ccc(Cl)c(Cl)c2)[C@H](Cc2ccccc2)C(=O)NC2CCCCC2)c2ccc(F)cc2)cc1. The molecule has 5 rings (SSSR count). The lowest BCUT2D eigenvalue weighted by Crippen LogP contribution is -2.55. The van der Waals surface area contributed by atoms with Crippen LogP contribution in [0.5, 0.6) is 5.75 Å². The smallest absolute Gasteiger partial charge is 0.264 e. The summed E-state index contributed by atoms with van der Waals surface area (Å²) in [5.74, 6) is -1.06. The predicted octanol–water partition coefficient (Wildman–Crippen LogP) is 7.82. The summed E-state index contributed by atoms with van der Waals surface area (Å²) in [5.41, 5.74) is 1.49. The fourth-order valence-electron chi connectivity index (χ4n) is 6.07. The van der Waals surface area contributed by atoms with Gasteiger partial charge in [-0.15, -0.1) is 0 Å². The van der Waals surface area contributed by atoms with Crippen LogP contribution in [0, 0.1) is 5.82 Å². The molecule has 0 unspecified atom stereocenters. The molecule has 264 valence electrons. The Hall–Kier alpha value is -4.12. The first-order valence-electron chi connectivity index (χ1n) is 16.6. The van der Waals surface area contributed by atoms with Crippen molar-refractivity contribution in [3.63, 3.8) is 0 Å². The van der Waals surface area contributed by atoms with Gasteiger partial charge in [-0.05, 0) is 91.6 Å². The highest BCUT2D eigenvalue weighted by Gasteiger charge is 2.35. The number of rotatable bonds is 14.